The molecule has 2 heterocycles. The smallest absolute Gasteiger partial charge is 0.255 e. The standard InChI is InChI=1S/C19H26FN5O/c1-12-3-5-14(6-4-12)11-26-18-16(20)9-21-19(23-18)22-17-10-25(15-7-8-15)24-13(17)2/h9-10,12,14-15H,3-8,11H2,1-2H3,(H,21,22,23). The lowest BCUT2D eigenvalue weighted by Crippen LogP contribution is -2.19. The molecule has 2 aliphatic rings. The molecule has 0 radical (unpaired) electrons. The average Bonchev–Trinajstić information content (AvgIpc) is 3.41. The number of nitrogens with zero attached hydrogens (tertiary/aromatic N) is 4. The molecule has 0 aliphatic heterocycles. The van der Waals surface area contributed by atoms with Crippen molar-refractivity contribution in [1.29, 1.82) is 0 Å². The molecule has 2 saturated carbocycles. The first-order valence-corrected chi connectivity index (χ1v) is 9.56. The Balaban J connectivity index is 1.40. The Kier molecular flexibility index (Phi) is 4.78. The number of aromatic nitrogens is 4. The Morgan fingerprint density at radius 1 is 1.23 bits per heavy atom. The number of rotatable bonds is 6. The Morgan fingerprint density at radius 3 is 2.73 bits per heavy atom. The molecule has 7 heteroatoms. The maximum Gasteiger partial charge on any atom is 0.255 e. The van der Waals surface area contributed by atoms with Gasteiger partial charge in [0.15, 0.2) is 0 Å². The summed E-state index contributed by atoms with van der Waals surface area (Å²) in [4.78, 5) is 8.26. The molecule has 1 N–H and O–H groups in total. The summed E-state index contributed by atoms with van der Waals surface area (Å²) in [5.41, 5.74) is 1.72. The van der Waals surface area contributed by atoms with Crippen LogP contribution in [0.4, 0.5) is 16.0 Å². The van der Waals surface area contributed by atoms with E-state index in [9.17, 15) is 4.39 Å². The van der Waals surface area contributed by atoms with Crippen molar-refractivity contribution in [1.82, 2.24) is 19.7 Å². The second kappa shape index (κ2) is 7.21. The fourth-order valence-corrected chi connectivity index (χ4v) is 3.46. The summed E-state index contributed by atoms with van der Waals surface area (Å²) in [5, 5.41) is 7.64. The maximum atomic E-state index is 14.0. The van der Waals surface area contributed by atoms with Crippen LogP contribution >= 0.6 is 0 Å². The molecule has 0 amide bonds. The van der Waals surface area contributed by atoms with E-state index in [0.29, 0.717) is 24.5 Å². The Bertz CT molecular complexity index is 765. The van der Waals surface area contributed by atoms with E-state index in [1.807, 2.05) is 17.8 Å². The van der Waals surface area contributed by atoms with Gasteiger partial charge in [-0.25, -0.2) is 4.98 Å². The molecule has 2 aromatic rings. The van der Waals surface area contributed by atoms with Gasteiger partial charge in [-0.1, -0.05) is 19.8 Å². The Hall–Kier alpha value is -2.18. The molecule has 0 spiro atoms. The van der Waals surface area contributed by atoms with Crippen LogP contribution < -0.4 is 10.1 Å². The lowest BCUT2D eigenvalue weighted by atomic mass is 9.83. The third kappa shape index (κ3) is 3.97. The van der Waals surface area contributed by atoms with Crippen LogP contribution in [0.1, 0.15) is 57.2 Å². The second-order valence-corrected chi connectivity index (χ2v) is 7.75. The molecular weight excluding hydrogens is 333 g/mol. The van der Waals surface area contributed by atoms with Crippen LogP contribution in [0.3, 0.4) is 0 Å². The number of nitrogens with one attached hydrogen (secondary N) is 1. The van der Waals surface area contributed by atoms with E-state index >= 15 is 0 Å². The van der Waals surface area contributed by atoms with Crippen molar-refractivity contribution in [3.8, 4) is 5.88 Å². The van der Waals surface area contributed by atoms with E-state index in [2.05, 4.69) is 27.3 Å². The Labute approximate surface area is 153 Å². The van der Waals surface area contributed by atoms with Crippen molar-refractivity contribution >= 4 is 11.6 Å². The van der Waals surface area contributed by atoms with Crippen LogP contribution in [-0.2, 0) is 0 Å². The number of anilines is 2. The van der Waals surface area contributed by atoms with E-state index in [-0.39, 0.29) is 5.88 Å². The first kappa shape index (κ1) is 17.2. The van der Waals surface area contributed by atoms with Crippen molar-refractivity contribution < 1.29 is 9.13 Å². The van der Waals surface area contributed by atoms with Crippen LogP contribution in [0.5, 0.6) is 5.88 Å². The molecule has 0 unspecified atom stereocenters. The fourth-order valence-electron chi connectivity index (χ4n) is 3.46. The number of aryl methyl sites for hydroxylation is 1. The molecular formula is C19H26FN5O. The van der Waals surface area contributed by atoms with Crippen LogP contribution in [0, 0.1) is 24.6 Å². The predicted octanol–water partition coefficient (Wildman–Crippen LogP) is 4.40. The average molecular weight is 359 g/mol. The Morgan fingerprint density at radius 2 is 2.00 bits per heavy atom. The zero-order chi connectivity index (χ0) is 18.1. The zero-order valence-corrected chi connectivity index (χ0v) is 15.4. The molecule has 2 aromatic heterocycles. The van der Waals surface area contributed by atoms with Crippen molar-refractivity contribution in [3.05, 3.63) is 23.9 Å². The number of ether oxygens (including phenoxy) is 1. The molecule has 6 nitrogen and oxygen atoms in total. The molecule has 140 valence electrons. The van der Waals surface area contributed by atoms with Gasteiger partial charge in [0.2, 0.25) is 11.8 Å². The van der Waals surface area contributed by atoms with Gasteiger partial charge in [0, 0.05) is 6.20 Å². The van der Waals surface area contributed by atoms with Crippen molar-refractivity contribution in [3.63, 3.8) is 0 Å². The fraction of sp³-hybridized carbons (Fsp3) is 0.632. The van der Waals surface area contributed by atoms with Gasteiger partial charge in [-0.2, -0.15) is 14.5 Å². The van der Waals surface area contributed by atoms with Gasteiger partial charge in [0.1, 0.15) is 0 Å². The summed E-state index contributed by atoms with van der Waals surface area (Å²) in [6.45, 7) is 4.73. The van der Waals surface area contributed by atoms with Gasteiger partial charge in [-0.15, -0.1) is 0 Å². The third-order valence-electron chi connectivity index (χ3n) is 5.39. The SMILES string of the molecule is Cc1nn(C2CC2)cc1Nc1ncc(F)c(OCC2CCC(C)CC2)n1. The highest BCUT2D eigenvalue weighted by Gasteiger charge is 2.25. The summed E-state index contributed by atoms with van der Waals surface area (Å²) in [6.07, 6.45) is 10.2. The summed E-state index contributed by atoms with van der Waals surface area (Å²) in [7, 11) is 0. The minimum absolute atomic E-state index is 0.0216. The molecule has 0 saturated heterocycles. The van der Waals surface area contributed by atoms with Gasteiger partial charge in [-0.3, -0.25) is 4.68 Å². The van der Waals surface area contributed by atoms with E-state index in [1.165, 1.54) is 25.7 Å². The molecule has 0 atom stereocenters. The van der Waals surface area contributed by atoms with E-state index in [1.54, 1.807) is 0 Å². The van der Waals surface area contributed by atoms with Gasteiger partial charge >= 0.3 is 0 Å². The minimum atomic E-state index is -0.523. The molecule has 4 rings (SSSR count). The predicted molar refractivity (Wildman–Crippen MR) is 97.1 cm³/mol. The zero-order valence-electron chi connectivity index (χ0n) is 15.4. The molecule has 2 aliphatic carbocycles. The molecule has 2 fully saturated rings. The third-order valence-corrected chi connectivity index (χ3v) is 5.39. The number of hydrogen-bond donors (Lipinski definition) is 1. The van der Waals surface area contributed by atoms with Crippen LogP contribution in [0.2, 0.25) is 0 Å². The molecule has 0 bridgehead atoms. The van der Waals surface area contributed by atoms with Crippen molar-refractivity contribution in [2.24, 2.45) is 11.8 Å². The summed E-state index contributed by atoms with van der Waals surface area (Å²) >= 11 is 0. The van der Waals surface area contributed by atoms with Gasteiger partial charge in [0.25, 0.3) is 5.88 Å². The number of hydrogen-bond acceptors (Lipinski definition) is 5. The van der Waals surface area contributed by atoms with Crippen LogP contribution in [0.25, 0.3) is 0 Å². The number of halogens is 1. The van der Waals surface area contributed by atoms with Crippen molar-refractivity contribution in [2.45, 2.75) is 58.4 Å². The highest BCUT2D eigenvalue weighted by atomic mass is 19.1. The quantitative estimate of drug-likeness (QED) is 0.828. The second-order valence-electron chi connectivity index (χ2n) is 7.75. The summed E-state index contributed by atoms with van der Waals surface area (Å²) < 4.78 is 21.7. The van der Waals surface area contributed by atoms with Gasteiger partial charge < -0.3 is 10.1 Å². The first-order valence-electron chi connectivity index (χ1n) is 9.56. The molecule has 26 heavy (non-hydrogen) atoms. The monoisotopic (exact) mass is 359 g/mol. The van der Waals surface area contributed by atoms with Gasteiger partial charge in [0.05, 0.1) is 30.2 Å². The van der Waals surface area contributed by atoms with E-state index in [4.69, 9.17) is 4.74 Å². The lowest BCUT2D eigenvalue weighted by Gasteiger charge is -2.25. The normalized spacial score (nSPS) is 23.0. The van der Waals surface area contributed by atoms with Crippen LogP contribution in [-0.4, -0.2) is 26.4 Å². The lowest BCUT2D eigenvalue weighted by molar-refractivity contribution is 0.178. The highest BCUT2D eigenvalue weighted by molar-refractivity contribution is 5.55. The first-order chi connectivity index (χ1) is 12.6. The molecule has 0 aromatic carbocycles. The highest BCUT2D eigenvalue weighted by Crippen LogP contribution is 2.35. The van der Waals surface area contributed by atoms with Crippen molar-refractivity contribution in [2.75, 3.05) is 11.9 Å². The topological polar surface area (TPSA) is 64.9 Å². The van der Waals surface area contributed by atoms with Gasteiger partial charge in [-0.05, 0) is 44.4 Å². The van der Waals surface area contributed by atoms with E-state index in [0.717, 1.165) is 36.3 Å². The largest absolute Gasteiger partial charge is 0.475 e. The summed E-state index contributed by atoms with van der Waals surface area (Å²) in [6, 6.07) is 0.510. The summed E-state index contributed by atoms with van der Waals surface area (Å²) in [5.74, 6) is 1.10. The maximum absolute atomic E-state index is 14.0. The minimum Gasteiger partial charge on any atom is -0.475 e. The van der Waals surface area contributed by atoms with Crippen LogP contribution in [0.15, 0.2) is 12.4 Å². The van der Waals surface area contributed by atoms with E-state index < -0.39 is 5.82 Å².